The quantitative estimate of drug-likeness (QED) is 0.419. The lowest BCUT2D eigenvalue weighted by molar-refractivity contribution is 0.244. The van der Waals surface area contributed by atoms with E-state index >= 15 is 0 Å². The summed E-state index contributed by atoms with van der Waals surface area (Å²) in [7, 11) is 0. The fraction of sp³-hybridized carbons (Fsp3) is 0.200. The molecule has 0 amide bonds. The van der Waals surface area contributed by atoms with Crippen LogP contribution in [0.3, 0.4) is 0 Å². The number of rotatable bonds is 6. The van der Waals surface area contributed by atoms with Crippen LogP contribution in [0, 0.1) is 0 Å². The van der Waals surface area contributed by atoms with Gasteiger partial charge in [-0.1, -0.05) is 35.9 Å². The minimum atomic E-state index is 0.142. The first-order chi connectivity index (χ1) is 16.2. The number of hydrogen-bond acceptors (Lipinski definition) is 7. The van der Waals surface area contributed by atoms with Crippen LogP contribution in [-0.2, 0) is 6.54 Å². The topological polar surface area (TPSA) is 90.0 Å². The number of aromatic nitrogens is 4. The van der Waals surface area contributed by atoms with Crippen molar-refractivity contribution in [2.45, 2.75) is 25.4 Å². The maximum atomic E-state index is 6.09. The highest BCUT2D eigenvalue weighted by Crippen LogP contribution is 2.38. The van der Waals surface area contributed by atoms with Gasteiger partial charge in [-0.3, -0.25) is 4.90 Å². The van der Waals surface area contributed by atoms with Crippen LogP contribution in [0.5, 0.6) is 11.8 Å². The molecule has 1 aliphatic heterocycles. The van der Waals surface area contributed by atoms with E-state index in [1.165, 1.54) is 0 Å². The van der Waals surface area contributed by atoms with Gasteiger partial charge in [0.25, 0.3) is 0 Å². The molecule has 1 fully saturated rings. The molecule has 1 saturated heterocycles. The Bertz CT molecular complexity index is 1240. The summed E-state index contributed by atoms with van der Waals surface area (Å²) in [5.74, 6) is 0.996. The van der Waals surface area contributed by atoms with Crippen LogP contribution in [0.1, 0.15) is 30.1 Å². The van der Waals surface area contributed by atoms with E-state index in [9.17, 15) is 0 Å². The maximum Gasteiger partial charge on any atom is 0.321 e. The molecule has 1 unspecified atom stereocenters. The zero-order chi connectivity index (χ0) is 22.6. The Morgan fingerprint density at radius 2 is 1.85 bits per heavy atom. The first-order valence-corrected chi connectivity index (χ1v) is 11.2. The smallest absolute Gasteiger partial charge is 0.321 e. The van der Waals surface area contributed by atoms with E-state index in [-0.39, 0.29) is 12.0 Å². The third-order valence-electron chi connectivity index (χ3n) is 5.71. The van der Waals surface area contributed by atoms with Gasteiger partial charge in [0.2, 0.25) is 5.95 Å². The van der Waals surface area contributed by atoms with Crippen molar-refractivity contribution in [3.05, 3.63) is 89.5 Å². The number of anilines is 1. The summed E-state index contributed by atoms with van der Waals surface area (Å²) in [6.45, 7) is 1.74. The summed E-state index contributed by atoms with van der Waals surface area (Å²) in [4.78, 5) is 19.6. The second kappa shape index (κ2) is 9.52. The van der Waals surface area contributed by atoms with Crippen LogP contribution in [0.4, 0.5) is 5.95 Å². The normalized spacial score (nSPS) is 16.1. The largest absolute Gasteiger partial charge is 0.424 e. The van der Waals surface area contributed by atoms with Gasteiger partial charge in [-0.15, -0.1) is 0 Å². The third-order valence-corrected chi connectivity index (χ3v) is 5.96. The van der Waals surface area contributed by atoms with E-state index in [1.807, 2.05) is 48.7 Å². The van der Waals surface area contributed by atoms with E-state index < -0.39 is 0 Å². The van der Waals surface area contributed by atoms with Crippen LogP contribution in [-0.4, -0.2) is 31.4 Å². The Kier molecular flexibility index (Phi) is 6.15. The summed E-state index contributed by atoms with van der Waals surface area (Å²) >= 11 is 6.09. The minimum Gasteiger partial charge on any atom is -0.424 e. The molecule has 0 saturated carbocycles. The molecule has 0 aliphatic carbocycles. The Morgan fingerprint density at radius 1 is 1.03 bits per heavy atom. The third kappa shape index (κ3) is 4.94. The molecular formula is C25H23ClN6O. The fourth-order valence-corrected chi connectivity index (χ4v) is 4.35. The maximum absolute atomic E-state index is 6.09. The Hall–Kier alpha value is -3.55. The van der Waals surface area contributed by atoms with Gasteiger partial charge in [0.15, 0.2) is 0 Å². The number of nitrogens with two attached hydrogens (primary N) is 1. The molecule has 0 spiro atoms. The summed E-state index contributed by atoms with van der Waals surface area (Å²) < 4.78 is 5.81. The van der Waals surface area contributed by atoms with E-state index in [1.54, 1.807) is 18.5 Å². The van der Waals surface area contributed by atoms with Crippen molar-refractivity contribution in [3.63, 3.8) is 0 Å². The van der Waals surface area contributed by atoms with Crippen molar-refractivity contribution in [3.8, 4) is 22.9 Å². The molecule has 166 valence electrons. The fourth-order valence-electron chi connectivity index (χ4n) is 4.23. The molecular weight excluding hydrogens is 436 g/mol. The second-order valence-corrected chi connectivity index (χ2v) is 8.38. The average molecular weight is 459 g/mol. The van der Waals surface area contributed by atoms with Crippen molar-refractivity contribution < 1.29 is 4.74 Å². The molecule has 7 nitrogen and oxygen atoms in total. The van der Waals surface area contributed by atoms with Gasteiger partial charge in [-0.25, -0.2) is 19.9 Å². The standard InChI is InChI=1S/C25H23ClN6O/c26-19-9-7-18(8-10-19)21-15-30-24(27)31-23(21)22-6-2-13-32(22)16-17-4-1-5-20(14-17)33-25-28-11-3-12-29-25/h1,3-5,7-12,14-15,22H,2,6,13,16H2,(H2,27,30,31). The molecule has 0 radical (unpaired) electrons. The van der Waals surface area contributed by atoms with Crippen molar-refractivity contribution >= 4 is 17.5 Å². The molecule has 4 aromatic rings. The monoisotopic (exact) mass is 458 g/mol. The van der Waals surface area contributed by atoms with Gasteiger partial charge >= 0.3 is 6.01 Å². The Morgan fingerprint density at radius 3 is 2.67 bits per heavy atom. The summed E-state index contributed by atoms with van der Waals surface area (Å²) in [5, 5.41) is 0.696. The number of ether oxygens (including phenoxy) is 1. The minimum absolute atomic E-state index is 0.142. The predicted octanol–water partition coefficient (Wildman–Crippen LogP) is 5.30. The van der Waals surface area contributed by atoms with Gasteiger partial charge in [-0.05, 0) is 60.8 Å². The highest BCUT2D eigenvalue weighted by atomic mass is 35.5. The summed E-state index contributed by atoms with van der Waals surface area (Å²) in [6.07, 6.45) is 7.22. The Labute approximate surface area is 197 Å². The van der Waals surface area contributed by atoms with E-state index in [4.69, 9.17) is 22.1 Å². The lowest BCUT2D eigenvalue weighted by Gasteiger charge is -2.26. The molecule has 2 aromatic carbocycles. The number of benzene rings is 2. The Balaban J connectivity index is 1.40. The van der Waals surface area contributed by atoms with Gasteiger partial charge in [0, 0.05) is 35.7 Å². The number of likely N-dealkylation sites (tertiary alicyclic amines) is 1. The molecule has 5 rings (SSSR count). The van der Waals surface area contributed by atoms with Crippen LogP contribution in [0.25, 0.3) is 11.1 Å². The lowest BCUT2D eigenvalue weighted by Crippen LogP contribution is -2.24. The summed E-state index contributed by atoms with van der Waals surface area (Å²) in [5.41, 5.74) is 10.1. The molecule has 8 heteroatoms. The molecule has 2 N–H and O–H groups in total. The predicted molar refractivity (Wildman–Crippen MR) is 128 cm³/mol. The van der Waals surface area contributed by atoms with Crippen LogP contribution in [0.15, 0.2) is 73.2 Å². The zero-order valence-electron chi connectivity index (χ0n) is 17.9. The van der Waals surface area contributed by atoms with Crippen molar-refractivity contribution in [1.82, 2.24) is 24.8 Å². The van der Waals surface area contributed by atoms with Crippen molar-refractivity contribution in [2.75, 3.05) is 12.3 Å². The van der Waals surface area contributed by atoms with Crippen LogP contribution < -0.4 is 10.5 Å². The number of halogens is 1. The SMILES string of the molecule is Nc1ncc(-c2ccc(Cl)cc2)c(C2CCCN2Cc2cccc(Oc3ncccn3)c2)n1. The van der Waals surface area contributed by atoms with E-state index in [0.717, 1.165) is 48.3 Å². The molecule has 2 aromatic heterocycles. The zero-order valence-corrected chi connectivity index (χ0v) is 18.7. The molecule has 1 atom stereocenters. The van der Waals surface area contributed by atoms with Gasteiger partial charge < -0.3 is 10.5 Å². The summed E-state index contributed by atoms with van der Waals surface area (Å²) in [6, 6.07) is 18.0. The lowest BCUT2D eigenvalue weighted by atomic mass is 9.99. The molecule has 3 heterocycles. The molecule has 1 aliphatic rings. The molecule has 33 heavy (non-hydrogen) atoms. The number of nitrogens with zero attached hydrogens (tertiary/aromatic N) is 5. The average Bonchev–Trinajstić information content (AvgIpc) is 3.28. The first-order valence-electron chi connectivity index (χ1n) is 10.8. The highest BCUT2D eigenvalue weighted by Gasteiger charge is 2.30. The van der Waals surface area contributed by atoms with E-state index in [2.05, 4.69) is 30.9 Å². The van der Waals surface area contributed by atoms with Crippen LogP contribution >= 0.6 is 11.6 Å². The van der Waals surface area contributed by atoms with Gasteiger partial charge in [0.1, 0.15) is 5.75 Å². The van der Waals surface area contributed by atoms with Crippen molar-refractivity contribution in [2.24, 2.45) is 0 Å². The highest BCUT2D eigenvalue weighted by molar-refractivity contribution is 6.30. The first kappa shape index (κ1) is 21.3. The van der Waals surface area contributed by atoms with Crippen molar-refractivity contribution in [1.29, 1.82) is 0 Å². The van der Waals surface area contributed by atoms with Gasteiger partial charge in [0.05, 0.1) is 11.7 Å². The second-order valence-electron chi connectivity index (χ2n) is 7.94. The molecule has 0 bridgehead atoms. The van der Waals surface area contributed by atoms with Gasteiger partial charge in [-0.2, -0.15) is 0 Å². The van der Waals surface area contributed by atoms with E-state index in [0.29, 0.717) is 16.8 Å². The number of nitrogen functional groups attached to an aromatic ring is 1. The van der Waals surface area contributed by atoms with Crippen LogP contribution in [0.2, 0.25) is 5.02 Å². The number of hydrogen-bond donors (Lipinski definition) is 1.